The van der Waals surface area contributed by atoms with Crippen LogP contribution >= 0.6 is 0 Å². The van der Waals surface area contributed by atoms with Gasteiger partial charge in [0.15, 0.2) is 0 Å². The molecule has 37 heavy (non-hydrogen) atoms. The number of nitrogens with zero attached hydrogens (tertiary/aromatic N) is 3. The molecule has 1 amide bonds. The number of benzene rings is 1. The highest BCUT2D eigenvalue weighted by Gasteiger charge is 2.60. The number of halogens is 6. The Hall–Kier alpha value is -2.01. The van der Waals surface area contributed by atoms with Gasteiger partial charge in [-0.1, -0.05) is 30.2 Å². The molecule has 0 bridgehead atoms. The van der Waals surface area contributed by atoms with Crippen molar-refractivity contribution >= 4 is 6.09 Å². The number of aryl methyl sites for hydroxylation is 1. The molecule has 0 aliphatic carbocycles. The number of carbonyl (C=O) groups is 1. The number of carbonyl (C=O) groups excluding carboxylic acids is 1. The van der Waals surface area contributed by atoms with E-state index in [1.54, 1.807) is 0 Å². The van der Waals surface area contributed by atoms with Gasteiger partial charge in [0, 0.05) is 31.7 Å². The Bertz CT molecular complexity index is 923. The molecule has 0 aromatic heterocycles. The van der Waals surface area contributed by atoms with E-state index in [9.17, 15) is 31.1 Å². The molecule has 3 fully saturated rings. The van der Waals surface area contributed by atoms with Crippen LogP contribution in [0.4, 0.5) is 31.1 Å². The molecule has 1 aromatic rings. The molecule has 208 valence electrons. The summed E-state index contributed by atoms with van der Waals surface area (Å²) in [4.78, 5) is 18.1. The van der Waals surface area contributed by atoms with Crippen molar-refractivity contribution in [3.8, 4) is 0 Å². The molecule has 3 aliphatic heterocycles. The van der Waals surface area contributed by atoms with Gasteiger partial charge in [0.2, 0.25) is 0 Å². The predicted molar refractivity (Wildman–Crippen MR) is 126 cm³/mol. The van der Waals surface area contributed by atoms with Crippen molar-refractivity contribution < 1.29 is 35.9 Å². The van der Waals surface area contributed by atoms with Crippen LogP contribution in [0.25, 0.3) is 0 Å². The van der Waals surface area contributed by atoms with E-state index in [0.717, 1.165) is 50.5 Å². The lowest BCUT2D eigenvalue weighted by atomic mass is 9.84. The van der Waals surface area contributed by atoms with E-state index in [4.69, 9.17) is 0 Å². The predicted octanol–water partition coefficient (Wildman–Crippen LogP) is 6.04. The zero-order valence-corrected chi connectivity index (χ0v) is 21.1. The van der Waals surface area contributed by atoms with Crippen LogP contribution in [0.1, 0.15) is 61.6 Å². The van der Waals surface area contributed by atoms with Crippen molar-refractivity contribution in [3.63, 3.8) is 0 Å². The maximum Gasteiger partial charge on any atom is 0.434 e. The Morgan fingerprint density at radius 3 is 2.14 bits per heavy atom. The van der Waals surface area contributed by atoms with Crippen molar-refractivity contribution in [2.24, 2.45) is 0 Å². The number of alkyl halides is 6. The summed E-state index contributed by atoms with van der Waals surface area (Å²) in [7, 11) is 0. The number of ether oxygens (including phenoxy) is 1. The zero-order chi connectivity index (χ0) is 26.8. The summed E-state index contributed by atoms with van der Waals surface area (Å²) < 4.78 is 80.8. The average Bonchev–Trinajstić information content (AvgIpc) is 3.20. The summed E-state index contributed by atoms with van der Waals surface area (Å²) in [5.41, 5.74) is 3.53. The summed E-state index contributed by atoms with van der Waals surface area (Å²) in [5, 5.41) is 0. The van der Waals surface area contributed by atoms with Gasteiger partial charge in [-0.15, -0.1) is 0 Å². The SMILES string of the molecule is Cc1ccc(CN2CCCC23CCN(C(=O)OC(C(F)(F)F)C(F)(F)F)CC3)c(CN2CCCCC2)c1. The first kappa shape index (κ1) is 28.0. The molecule has 0 unspecified atom stereocenters. The highest BCUT2D eigenvalue weighted by molar-refractivity contribution is 5.68. The Kier molecular flexibility index (Phi) is 8.33. The van der Waals surface area contributed by atoms with Crippen molar-refractivity contribution in [1.82, 2.24) is 14.7 Å². The maximum absolute atomic E-state index is 12.8. The van der Waals surface area contributed by atoms with Gasteiger partial charge in [-0.3, -0.25) is 9.80 Å². The first-order chi connectivity index (χ1) is 17.4. The van der Waals surface area contributed by atoms with Crippen LogP contribution in [-0.4, -0.2) is 77.5 Å². The van der Waals surface area contributed by atoms with Crippen molar-refractivity contribution in [2.45, 2.75) is 89.0 Å². The minimum Gasteiger partial charge on any atom is -0.426 e. The second-order valence-electron chi connectivity index (χ2n) is 10.7. The highest BCUT2D eigenvalue weighted by atomic mass is 19.4. The van der Waals surface area contributed by atoms with E-state index >= 15 is 0 Å². The quantitative estimate of drug-likeness (QED) is 0.431. The average molecular weight is 536 g/mol. The molecule has 0 atom stereocenters. The van der Waals surface area contributed by atoms with Crippen LogP contribution in [0.5, 0.6) is 0 Å². The van der Waals surface area contributed by atoms with Crippen LogP contribution in [0, 0.1) is 6.92 Å². The maximum atomic E-state index is 12.8. The Morgan fingerprint density at radius 1 is 0.865 bits per heavy atom. The molecule has 4 rings (SSSR count). The lowest BCUT2D eigenvalue weighted by Gasteiger charge is -2.45. The molecule has 0 saturated carbocycles. The van der Waals surface area contributed by atoms with Gasteiger partial charge in [-0.25, -0.2) is 4.79 Å². The Balaban J connectivity index is 1.40. The van der Waals surface area contributed by atoms with Crippen LogP contribution in [0.2, 0.25) is 0 Å². The van der Waals surface area contributed by atoms with Gasteiger partial charge < -0.3 is 9.64 Å². The summed E-state index contributed by atoms with van der Waals surface area (Å²) in [6.45, 7) is 6.89. The van der Waals surface area contributed by atoms with Crippen LogP contribution in [-0.2, 0) is 17.8 Å². The fourth-order valence-electron chi connectivity index (χ4n) is 6.03. The van der Waals surface area contributed by atoms with Crippen LogP contribution in [0.15, 0.2) is 18.2 Å². The van der Waals surface area contributed by atoms with Gasteiger partial charge in [-0.2, -0.15) is 26.3 Å². The highest BCUT2D eigenvalue weighted by Crippen LogP contribution is 2.41. The topological polar surface area (TPSA) is 36.0 Å². The number of hydrogen-bond donors (Lipinski definition) is 0. The first-order valence-corrected chi connectivity index (χ1v) is 13.0. The number of likely N-dealkylation sites (tertiary alicyclic amines) is 3. The number of amides is 1. The van der Waals surface area contributed by atoms with E-state index in [2.05, 4.69) is 39.7 Å². The van der Waals surface area contributed by atoms with E-state index < -0.39 is 24.5 Å². The number of hydrogen-bond acceptors (Lipinski definition) is 4. The lowest BCUT2D eigenvalue weighted by Crippen LogP contribution is -2.54. The molecule has 3 heterocycles. The summed E-state index contributed by atoms with van der Waals surface area (Å²) in [6.07, 6.45) is -10.6. The van der Waals surface area contributed by atoms with E-state index in [-0.39, 0.29) is 18.6 Å². The molecular formula is C26H35F6N3O2. The van der Waals surface area contributed by atoms with Crippen LogP contribution < -0.4 is 0 Å². The number of piperidine rings is 2. The summed E-state index contributed by atoms with van der Waals surface area (Å²) in [5.74, 6) is 0. The fourth-order valence-corrected chi connectivity index (χ4v) is 6.03. The largest absolute Gasteiger partial charge is 0.434 e. The first-order valence-electron chi connectivity index (χ1n) is 13.0. The van der Waals surface area contributed by atoms with Gasteiger partial charge in [-0.05, 0) is 76.2 Å². The minimum absolute atomic E-state index is 0.0618. The minimum atomic E-state index is -5.72. The van der Waals surface area contributed by atoms with Gasteiger partial charge in [0.05, 0.1) is 0 Å². The Morgan fingerprint density at radius 2 is 1.51 bits per heavy atom. The molecular weight excluding hydrogens is 500 g/mol. The van der Waals surface area contributed by atoms with Gasteiger partial charge in [0.1, 0.15) is 0 Å². The standard InChI is InChI=1S/C26H35F6N3O2/c1-19-6-7-20(21(16-19)17-33-11-3-2-4-12-33)18-35-13-5-8-24(35)9-14-34(15-10-24)23(36)37-22(25(27,28)29)26(30,31)32/h6-7,16,22H,2-5,8-15,17-18H2,1H3. The molecule has 0 radical (unpaired) electrons. The third-order valence-electron chi connectivity index (χ3n) is 8.07. The zero-order valence-electron chi connectivity index (χ0n) is 21.1. The second-order valence-corrected chi connectivity index (χ2v) is 10.7. The van der Waals surface area contributed by atoms with Crippen molar-refractivity contribution in [2.75, 3.05) is 32.7 Å². The van der Waals surface area contributed by atoms with E-state index in [1.807, 2.05) is 0 Å². The summed E-state index contributed by atoms with van der Waals surface area (Å²) >= 11 is 0. The normalized spacial score (nSPS) is 21.7. The van der Waals surface area contributed by atoms with Gasteiger partial charge >= 0.3 is 18.4 Å². The monoisotopic (exact) mass is 535 g/mol. The smallest absolute Gasteiger partial charge is 0.426 e. The second kappa shape index (κ2) is 11.0. The van der Waals surface area contributed by atoms with E-state index in [1.165, 1.54) is 36.0 Å². The van der Waals surface area contributed by atoms with Crippen LogP contribution in [0.3, 0.4) is 0 Å². The van der Waals surface area contributed by atoms with Crippen molar-refractivity contribution in [3.05, 3.63) is 34.9 Å². The fraction of sp³-hybridized carbons (Fsp3) is 0.731. The molecule has 1 aromatic carbocycles. The van der Waals surface area contributed by atoms with E-state index in [0.29, 0.717) is 12.8 Å². The Labute approximate surface area is 213 Å². The molecule has 11 heteroatoms. The molecule has 3 aliphatic rings. The third-order valence-corrected chi connectivity index (χ3v) is 8.07. The lowest BCUT2D eigenvalue weighted by molar-refractivity contribution is -0.308. The summed E-state index contributed by atoms with van der Waals surface area (Å²) in [6, 6.07) is 6.51. The molecule has 3 saturated heterocycles. The molecule has 5 nitrogen and oxygen atoms in total. The van der Waals surface area contributed by atoms with Crippen molar-refractivity contribution in [1.29, 1.82) is 0 Å². The third kappa shape index (κ3) is 6.71. The number of rotatable bonds is 5. The molecule has 1 spiro atoms. The van der Waals surface area contributed by atoms with Gasteiger partial charge in [0.25, 0.3) is 6.10 Å². The molecule has 0 N–H and O–H groups in total.